The number of sulfonamides is 1. The molecule has 0 fully saturated rings. The first-order chi connectivity index (χ1) is 14.4. The Morgan fingerprint density at radius 2 is 1.70 bits per heavy atom. The van der Waals surface area contributed by atoms with Gasteiger partial charge in [0, 0.05) is 12.2 Å². The molecule has 0 saturated carbocycles. The van der Waals surface area contributed by atoms with Crippen molar-refractivity contribution < 1.29 is 13.2 Å². The standard InChI is InChI=1S/C20H23N5O3S2/c1-3-24-18(14-25(30(2,27)28)17-12-8-5-9-13-17)22-23-20(24)29-15-19(26)21-16-10-6-4-7-11-16/h4-13H,3,14-15H2,1-2H3,(H,21,26). The molecule has 0 unspecified atom stereocenters. The zero-order valence-electron chi connectivity index (χ0n) is 16.7. The van der Waals surface area contributed by atoms with Crippen LogP contribution in [-0.4, -0.2) is 41.1 Å². The Labute approximate surface area is 180 Å². The van der Waals surface area contributed by atoms with Crippen molar-refractivity contribution in [1.29, 1.82) is 0 Å². The molecule has 0 bridgehead atoms. The van der Waals surface area contributed by atoms with Gasteiger partial charge in [-0.15, -0.1) is 10.2 Å². The maximum atomic E-state index is 12.3. The minimum Gasteiger partial charge on any atom is -0.325 e. The average molecular weight is 446 g/mol. The number of hydrogen-bond donors (Lipinski definition) is 1. The first-order valence-electron chi connectivity index (χ1n) is 9.31. The number of benzene rings is 2. The SMILES string of the molecule is CCn1c(CN(c2ccccc2)S(C)(=O)=O)nnc1SCC(=O)Nc1ccccc1. The molecule has 1 N–H and O–H groups in total. The van der Waals surface area contributed by atoms with Crippen molar-refractivity contribution in [3.63, 3.8) is 0 Å². The van der Waals surface area contributed by atoms with Crippen LogP contribution in [0.3, 0.4) is 0 Å². The summed E-state index contributed by atoms with van der Waals surface area (Å²) in [5.74, 6) is 0.528. The molecule has 10 heteroatoms. The summed E-state index contributed by atoms with van der Waals surface area (Å²) in [6.45, 7) is 2.53. The highest BCUT2D eigenvalue weighted by Gasteiger charge is 2.22. The monoisotopic (exact) mass is 445 g/mol. The molecule has 30 heavy (non-hydrogen) atoms. The molecular weight excluding hydrogens is 422 g/mol. The number of carbonyl (C=O) groups is 1. The van der Waals surface area contributed by atoms with Gasteiger partial charge in [-0.25, -0.2) is 8.42 Å². The number of nitrogens with zero attached hydrogens (tertiary/aromatic N) is 4. The lowest BCUT2D eigenvalue weighted by molar-refractivity contribution is -0.113. The summed E-state index contributed by atoms with van der Waals surface area (Å²) >= 11 is 1.26. The number of para-hydroxylation sites is 2. The average Bonchev–Trinajstić information content (AvgIpc) is 3.12. The minimum atomic E-state index is -3.51. The molecule has 3 rings (SSSR count). The smallest absolute Gasteiger partial charge is 0.234 e. The Kier molecular flexibility index (Phi) is 7.11. The third kappa shape index (κ3) is 5.61. The van der Waals surface area contributed by atoms with Gasteiger partial charge in [0.1, 0.15) is 0 Å². The van der Waals surface area contributed by atoms with Crippen LogP contribution >= 0.6 is 11.8 Å². The van der Waals surface area contributed by atoms with E-state index >= 15 is 0 Å². The summed E-state index contributed by atoms with van der Waals surface area (Å²) in [6.07, 6.45) is 1.16. The Morgan fingerprint density at radius 1 is 1.07 bits per heavy atom. The van der Waals surface area contributed by atoms with Gasteiger partial charge >= 0.3 is 0 Å². The van der Waals surface area contributed by atoms with Crippen LogP contribution in [0.1, 0.15) is 12.7 Å². The van der Waals surface area contributed by atoms with Gasteiger partial charge < -0.3 is 9.88 Å². The Hall–Kier alpha value is -2.85. The predicted octanol–water partition coefficient (Wildman–Crippen LogP) is 3.00. The summed E-state index contributed by atoms with van der Waals surface area (Å²) in [5, 5.41) is 11.7. The van der Waals surface area contributed by atoms with Crippen LogP contribution in [-0.2, 0) is 27.9 Å². The molecule has 0 atom stereocenters. The first kappa shape index (κ1) is 21.8. The predicted molar refractivity (Wildman–Crippen MR) is 119 cm³/mol. The highest BCUT2D eigenvalue weighted by molar-refractivity contribution is 7.99. The Balaban J connectivity index is 1.72. The second kappa shape index (κ2) is 9.77. The third-order valence-corrected chi connectivity index (χ3v) is 6.34. The van der Waals surface area contributed by atoms with E-state index in [1.54, 1.807) is 24.3 Å². The maximum absolute atomic E-state index is 12.3. The quantitative estimate of drug-likeness (QED) is 0.509. The summed E-state index contributed by atoms with van der Waals surface area (Å²) in [6, 6.07) is 18.1. The van der Waals surface area contributed by atoms with E-state index in [9.17, 15) is 13.2 Å². The summed E-state index contributed by atoms with van der Waals surface area (Å²) in [4.78, 5) is 12.2. The number of amides is 1. The van der Waals surface area contributed by atoms with Crippen molar-refractivity contribution in [1.82, 2.24) is 14.8 Å². The van der Waals surface area contributed by atoms with Gasteiger partial charge in [0.15, 0.2) is 11.0 Å². The van der Waals surface area contributed by atoms with E-state index in [1.807, 2.05) is 47.9 Å². The van der Waals surface area contributed by atoms with Crippen LogP contribution in [0.15, 0.2) is 65.8 Å². The highest BCUT2D eigenvalue weighted by Crippen LogP contribution is 2.22. The second-order valence-corrected chi connectivity index (χ2v) is 9.30. The summed E-state index contributed by atoms with van der Waals surface area (Å²) in [5.41, 5.74) is 1.29. The van der Waals surface area contributed by atoms with Crippen molar-refractivity contribution in [3.05, 3.63) is 66.5 Å². The number of nitrogens with one attached hydrogen (secondary N) is 1. The number of rotatable bonds is 9. The fraction of sp³-hybridized carbons (Fsp3) is 0.250. The van der Waals surface area contributed by atoms with Crippen LogP contribution in [0.2, 0.25) is 0 Å². The lowest BCUT2D eigenvalue weighted by atomic mass is 10.3. The van der Waals surface area contributed by atoms with E-state index in [0.29, 0.717) is 23.2 Å². The Bertz CT molecular complexity index is 1090. The van der Waals surface area contributed by atoms with E-state index in [2.05, 4.69) is 15.5 Å². The zero-order valence-corrected chi connectivity index (χ0v) is 18.4. The van der Waals surface area contributed by atoms with Crippen LogP contribution in [0.5, 0.6) is 0 Å². The van der Waals surface area contributed by atoms with E-state index in [0.717, 1.165) is 11.9 Å². The summed E-state index contributed by atoms with van der Waals surface area (Å²) in [7, 11) is -3.51. The molecule has 8 nitrogen and oxygen atoms in total. The number of aromatic nitrogens is 3. The molecule has 0 radical (unpaired) electrons. The van der Waals surface area contributed by atoms with Crippen molar-refractivity contribution in [2.24, 2.45) is 0 Å². The minimum absolute atomic E-state index is 0.0560. The van der Waals surface area contributed by atoms with Crippen LogP contribution < -0.4 is 9.62 Å². The normalized spacial score (nSPS) is 11.3. The van der Waals surface area contributed by atoms with E-state index in [-0.39, 0.29) is 18.2 Å². The molecule has 0 aliphatic rings. The molecule has 2 aromatic carbocycles. The largest absolute Gasteiger partial charge is 0.325 e. The number of thioether (sulfide) groups is 1. The van der Waals surface area contributed by atoms with E-state index < -0.39 is 10.0 Å². The number of carbonyl (C=O) groups excluding carboxylic acids is 1. The van der Waals surface area contributed by atoms with Crippen LogP contribution in [0, 0.1) is 0 Å². The second-order valence-electron chi connectivity index (χ2n) is 6.45. The lowest BCUT2D eigenvalue weighted by Crippen LogP contribution is -2.30. The van der Waals surface area contributed by atoms with Crippen molar-refractivity contribution in [2.75, 3.05) is 21.6 Å². The van der Waals surface area contributed by atoms with Gasteiger partial charge in [-0.3, -0.25) is 9.10 Å². The van der Waals surface area contributed by atoms with Crippen molar-refractivity contribution in [2.45, 2.75) is 25.2 Å². The fourth-order valence-electron chi connectivity index (χ4n) is 2.83. The topological polar surface area (TPSA) is 97.2 Å². The van der Waals surface area contributed by atoms with Gasteiger partial charge in [-0.1, -0.05) is 48.2 Å². The van der Waals surface area contributed by atoms with Crippen molar-refractivity contribution in [3.8, 4) is 0 Å². The molecule has 1 heterocycles. The highest BCUT2D eigenvalue weighted by atomic mass is 32.2. The summed E-state index contributed by atoms with van der Waals surface area (Å²) < 4.78 is 27.8. The fourth-order valence-corrected chi connectivity index (χ4v) is 4.51. The van der Waals surface area contributed by atoms with Gasteiger partial charge in [-0.2, -0.15) is 0 Å². The number of hydrogen-bond acceptors (Lipinski definition) is 6. The van der Waals surface area contributed by atoms with Gasteiger partial charge in [0.05, 0.1) is 24.2 Å². The van der Waals surface area contributed by atoms with Crippen LogP contribution in [0.25, 0.3) is 0 Å². The van der Waals surface area contributed by atoms with E-state index in [4.69, 9.17) is 0 Å². The third-order valence-electron chi connectivity index (χ3n) is 4.23. The Morgan fingerprint density at radius 3 is 2.30 bits per heavy atom. The molecule has 1 amide bonds. The van der Waals surface area contributed by atoms with Crippen LogP contribution in [0.4, 0.5) is 11.4 Å². The van der Waals surface area contributed by atoms with Gasteiger partial charge in [0.2, 0.25) is 15.9 Å². The maximum Gasteiger partial charge on any atom is 0.234 e. The van der Waals surface area contributed by atoms with Gasteiger partial charge in [-0.05, 0) is 31.2 Å². The molecule has 0 aliphatic heterocycles. The molecule has 0 spiro atoms. The first-order valence-corrected chi connectivity index (χ1v) is 12.1. The molecule has 158 valence electrons. The van der Waals surface area contributed by atoms with Crippen molar-refractivity contribution >= 4 is 39.1 Å². The van der Waals surface area contributed by atoms with E-state index in [1.165, 1.54) is 16.1 Å². The number of anilines is 2. The van der Waals surface area contributed by atoms with Gasteiger partial charge in [0.25, 0.3) is 0 Å². The molecule has 0 aliphatic carbocycles. The molecule has 1 aromatic heterocycles. The molecule has 3 aromatic rings. The zero-order chi connectivity index (χ0) is 21.6. The molecular formula is C20H23N5O3S2. The molecule has 0 saturated heterocycles. The lowest BCUT2D eigenvalue weighted by Gasteiger charge is -2.22.